The van der Waals surface area contributed by atoms with Crippen molar-refractivity contribution in [2.75, 3.05) is 33.4 Å². The third kappa shape index (κ3) is 8.52. The lowest BCUT2D eigenvalue weighted by molar-refractivity contribution is -0.152. The Morgan fingerprint density at radius 1 is 1.23 bits per heavy atom. The van der Waals surface area contributed by atoms with E-state index >= 15 is 0 Å². The summed E-state index contributed by atoms with van der Waals surface area (Å²) in [6.45, 7) is 13.4. The van der Waals surface area contributed by atoms with Gasteiger partial charge >= 0.3 is 12.1 Å². The summed E-state index contributed by atoms with van der Waals surface area (Å²) in [5, 5.41) is 18.8. The Bertz CT molecular complexity index is 1310. The van der Waals surface area contributed by atoms with E-state index < -0.39 is 35.0 Å². The average Bonchev–Trinajstić information content (AvgIpc) is 3.33. The number of ether oxygens (including phenoxy) is 2. The molecule has 2 amide bonds. The first-order chi connectivity index (χ1) is 20.1. The number of aryl methyl sites for hydroxylation is 1. The van der Waals surface area contributed by atoms with E-state index in [1.165, 1.54) is 11.0 Å². The molecule has 1 aromatic heterocycles. The number of aromatic nitrogens is 3. The third-order valence-electron chi connectivity index (χ3n) is 7.45. The molecule has 2 atom stereocenters. The highest BCUT2D eigenvalue weighted by atomic mass is 19.1. The van der Waals surface area contributed by atoms with Gasteiger partial charge in [-0.25, -0.2) is 13.9 Å². The number of carboxylic acids is 1. The van der Waals surface area contributed by atoms with Gasteiger partial charge in [-0.1, -0.05) is 19.1 Å². The van der Waals surface area contributed by atoms with Gasteiger partial charge in [0, 0.05) is 33.4 Å². The molecule has 1 N–H and O–H groups in total. The maximum Gasteiger partial charge on any atom is 0.410 e. The number of methoxy groups -OCH3 is 1. The van der Waals surface area contributed by atoms with Crippen LogP contribution in [0.5, 0.6) is 0 Å². The molecule has 1 aromatic carbocycles. The van der Waals surface area contributed by atoms with Gasteiger partial charge < -0.3 is 24.4 Å². The summed E-state index contributed by atoms with van der Waals surface area (Å²) in [4.78, 5) is 43.0. The molecule has 1 aliphatic rings. The van der Waals surface area contributed by atoms with Gasteiger partial charge in [-0.2, -0.15) is 0 Å². The minimum atomic E-state index is -1.30. The Labute approximate surface area is 253 Å². The second-order valence-corrected chi connectivity index (χ2v) is 13.1. The van der Waals surface area contributed by atoms with E-state index in [1.54, 1.807) is 63.4 Å². The Kier molecular flexibility index (Phi) is 10.9. The molecule has 1 aliphatic heterocycles. The van der Waals surface area contributed by atoms with E-state index in [4.69, 9.17) is 9.47 Å². The number of carboxylic acid groups (broad SMARTS) is 1. The van der Waals surface area contributed by atoms with Crippen molar-refractivity contribution in [3.63, 3.8) is 0 Å². The highest BCUT2D eigenvalue weighted by molar-refractivity contribution is 5.94. The predicted octanol–water partition coefficient (Wildman–Crippen LogP) is 4.88. The second-order valence-electron chi connectivity index (χ2n) is 13.1. The molecule has 1 fully saturated rings. The van der Waals surface area contributed by atoms with Crippen molar-refractivity contribution in [2.45, 2.75) is 85.8 Å². The molecule has 0 spiro atoms. The van der Waals surface area contributed by atoms with Crippen molar-refractivity contribution in [3.05, 3.63) is 41.0 Å². The van der Waals surface area contributed by atoms with Crippen molar-refractivity contribution in [2.24, 2.45) is 11.3 Å². The summed E-state index contributed by atoms with van der Waals surface area (Å²) in [5.41, 5.74) is -0.346. The number of carbonyl (C=O) groups excluding carboxylic acids is 2. The Hall–Kier alpha value is -3.54. The minimum absolute atomic E-state index is 0.0388. The summed E-state index contributed by atoms with van der Waals surface area (Å²) in [6, 6.07) is 3.99. The predicted molar refractivity (Wildman–Crippen MR) is 159 cm³/mol. The van der Waals surface area contributed by atoms with Crippen LogP contribution in [-0.2, 0) is 20.7 Å². The molecule has 3 rings (SSSR count). The lowest BCUT2D eigenvalue weighted by atomic mass is 9.79. The maximum absolute atomic E-state index is 14.4. The van der Waals surface area contributed by atoms with Crippen molar-refractivity contribution < 1.29 is 33.4 Å². The summed E-state index contributed by atoms with van der Waals surface area (Å²) in [6.07, 6.45) is 1.42. The summed E-state index contributed by atoms with van der Waals surface area (Å²) < 4.78 is 26.4. The molecule has 0 bridgehead atoms. The Morgan fingerprint density at radius 2 is 1.93 bits per heavy atom. The van der Waals surface area contributed by atoms with Crippen LogP contribution in [0.4, 0.5) is 9.18 Å². The number of unbranched alkanes of at least 4 members (excludes halogenated alkanes) is 1. The molecule has 0 radical (unpaired) electrons. The molecule has 2 aromatic rings. The molecule has 11 nitrogen and oxygen atoms in total. The highest BCUT2D eigenvalue weighted by Crippen LogP contribution is 2.34. The minimum Gasteiger partial charge on any atom is -0.481 e. The maximum atomic E-state index is 14.4. The van der Waals surface area contributed by atoms with Crippen molar-refractivity contribution in [1.29, 1.82) is 0 Å². The molecule has 238 valence electrons. The molecule has 0 aliphatic carbocycles. The van der Waals surface area contributed by atoms with Gasteiger partial charge in [-0.3, -0.25) is 9.59 Å². The zero-order valence-corrected chi connectivity index (χ0v) is 26.6. The molecule has 1 saturated heterocycles. The molecule has 43 heavy (non-hydrogen) atoms. The molecular formula is C31H46FN5O6. The fourth-order valence-electron chi connectivity index (χ4n) is 5.34. The molecule has 0 unspecified atom stereocenters. The first kappa shape index (κ1) is 34.0. The van der Waals surface area contributed by atoms with Gasteiger partial charge in [0.05, 0.1) is 22.8 Å². The number of carbonyl (C=O) groups is 3. The number of amides is 2. The van der Waals surface area contributed by atoms with Crippen LogP contribution >= 0.6 is 0 Å². The Balaban J connectivity index is 2.05. The first-order valence-electron chi connectivity index (χ1n) is 14.8. The van der Waals surface area contributed by atoms with Crippen molar-refractivity contribution in [1.82, 2.24) is 24.8 Å². The lowest BCUT2D eigenvalue weighted by Gasteiger charge is -2.46. The zero-order valence-electron chi connectivity index (χ0n) is 26.6. The fraction of sp³-hybridized carbons (Fsp3) is 0.645. The van der Waals surface area contributed by atoms with Crippen molar-refractivity contribution in [3.8, 4) is 5.69 Å². The second kappa shape index (κ2) is 13.8. The number of benzene rings is 1. The van der Waals surface area contributed by atoms with Gasteiger partial charge in [0.25, 0.3) is 5.91 Å². The van der Waals surface area contributed by atoms with Crippen LogP contribution in [0.2, 0.25) is 0 Å². The van der Waals surface area contributed by atoms with Gasteiger partial charge in [-0.15, -0.1) is 5.10 Å². The molecule has 12 heteroatoms. The number of hydrogen-bond donors (Lipinski definition) is 1. The number of piperidine rings is 1. The largest absolute Gasteiger partial charge is 0.481 e. The highest BCUT2D eigenvalue weighted by Gasteiger charge is 2.47. The summed E-state index contributed by atoms with van der Waals surface area (Å²) in [5.74, 6) is -1.77. The zero-order chi connectivity index (χ0) is 32.1. The average molecular weight is 604 g/mol. The monoisotopic (exact) mass is 603 g/mol. The number of halogens is 1. The number of likely N-dealkylation sites (tertiary alicyclic amines) is 1. The van der Waals surface area contributed by atoms with Gasteiger partial charge in [0.15, 0.2) is 5.69 Å². The normalized spacial score (nSPS) is 19.0. The Morgan fingerprint density at radius 3 is 2.51 bits per heavy atom. The van der Waals surface area contributed by atoms with E-state index in [2.05, 4.69) is 10.3 Å². The topological polar surface area (TPSA) is 127 Å². The number of hydrogen-bond acceptors (Lipinski definition) is 7. The SMILES string of the molecule is COCCCCc1c(C(=O)N(CC(C)C)[C@@H]2CN(C(=O)OC(C)(C)C)C[C@](C)(C(=O)O)C2)nnn1-c1ccc(F)c(C)c1. The standard InChI is InChI=1S/C31H46FN5O6/c1-20(2)17-36(23-16-31(7,28(39)40)19-35(18-23)29(41)43-30(4,5)6)27(38)26-25(11-9-10-14-42-8)37(34-33-26)22-12-13-24(32)21(3)15-22/h12-13,15,20,23H,9-11,14,16-19H2,1-8H3,(H,39,40)/t23-,31+/m0/s1. The van der Waals surface area contributed by atoms with Crippen LogP contribution in [0.3, 0.4) is 0 Å². The number of aliphatic carboxylic acids is 1. The van der Waals surface area contributed by atoms with Crippen LogP contribution < -0.4 is 0 Å². The van der Waals surface area contributed by atoms with Gasteiger partial charge in [0.2, 0.25) is 0 Å². The van der Waals surface area contributed by atoms with Crippen LogP contribution in [0.1, 0.15) is 82.6 Å². The fourth-order valence-corrected chi connectivity index (χ4v) is 5.34. The molecule has 2 heterocycles. The third-order valence-corrected chi connectivity index (χ3v) is 7.45. The van der Waals surface area contributed by atoms with E-state index in [-0.39, 0.29) is 36.9 Å². The van der Waals surface area contributed by atoms with Gasteiger partial charge in [0.1, 0.15) is 11.4 Å². The lowest BCUT2D eigenvalue weighted by Crippen LogP contribution is -2.60. The quantitative estimate of drug-likeness (QED) is 0.360. The number of rotatable bonds is 11. The van der Waals surface area contributed by atoms with Crippen LogP contribution in [-0.4, -0.2) is 92.9 Å². The van der Waals surface area contributed by atoms with E-state index in [0.29, 0.717) is 42.9 Å². The first-order valence-corrected chi connectivity index (χ1v) is 14.8. The van der Waals surface area contributed by atoms with E-state index in [0.717, 1.165) is 6.42 Å². The smallest absolute Gasteiger partial charge is 0.410 e. The van der Waals surface area contributed by atoms with Crippen LogP contribution in [0, 0.1) is 24.1 Å². The molecule has 0 saturated carbocycles. The van der Waals surface area contributed by atoms with Gasteiger partial charge in [-0.05, 0) is 90.0 Å². The van der Waals surface area contributed by atoms with E-state index in [1.807, 2.05) is 13.8 Å². The molecular weight excluding hydrogens is 557 g/mol. The summed E-state index contributed by atoms with van der Waals surface area (Å²) >= 11 is 0. The van der Waals surface area contributed by atoms with Crippen molar-refractivity contribution >= 4 is 18.0 Å². The van der Waals surface area contributed by atoms with Crippen LogP contribution in [0.25, 0.3) is 5.69 Å². The van der Waals surface area contributed by atoms with E-state index in [9.17, 15) is 23.9 Å². The van der Waals surface area contributed by atoms with Crippen LogP contribution in [0.15, 0.2) is 18.2 Å². The number of nitrogens with zero attached hydrogens (tertiary/aromatic N) is 5. The summed E-state index contributed by atoms with van der Waals surface area (Å²) in [7, 11) is 1.63.